The van der Waals surface area contributed by atoms with E-state index in [9.17, 15) is 8.42 Å². The molecule has 6 heteroatoms. The summed E-state index contributed by atoms with van der Waals surface area (Å²) >= 11 is 0. The summed E-state index contributed by atoms with van der Waals surface area (Å²) in [6.45, 7) is 4.66. The Balaban J connectivity index is 1.91. The van der Waals surface area contributed by atoms with Crippen molar-refractivity contribution in [3.8, 4) is 5.75 Å². The number of aryl methyl sites for hydroxylation is 1. The van der Waals surface area contributed by atoms with Gasteiger partial charge in [-0.1, -0.05) is 6.92 Å². The van der Waals surface area contributed by atoms with Gasteiger partial charge in [0.1, 0.15) is 12.4 Å². The van der Waals surface area contributed by atoms with E-state index in [1.807, 2.05) is 26.0 Å². The highest BCUT2D eigenvalue weighted by molar-refractivity contribution is 7.91. The minimum atomic E-state index is -3.00. The molecule has 0 aliphatic heterocycles. The highest BCUT2D eigenvalue weighted by Crippen LogP contribution is 2.22. The first-order valence-corrected chi connectivity index (χ1v) is 9.35. The van der Waals surface area contributed by atoms with Crippen LogP contribution in [-0.4, -0.2) is 37.6 Å². The molecule has 2 rings (SSSR count). The maximum atomic E-state index is 11.7. The summed E-state index contributed by atoms with van der Waals surface area (Å²) in [4.78, 5) is 4.49. The van der Waals surface area contributed by atoms with E-state index < -0.39 is 9.84 Å². The molecule has 1 heterocycles. The summed E-state index contributed by atoms with van der Waals surface area (Å²) in [5.41, 5.74) is 1.79. The van der Waals surface area contributed by atoms with Crippen LogP contribution in [0.5, 0.6) is 5.75 Å². The second-order valence-electron chi connectivity index (χ2n) is 5.55. The van der Waals surface area contributed by atoms with Crippen LogP contribution < -0.4 is 10.1 Å². The molecule has 1 aliphatic rings. The van der Waals surface area contributed by atoms with Gasteiger partial charge in [-0.05, 0) is 38.3 Å². The van der Waals surface area contributed by atoms with Crippen LogP contribution in [-0.2, 0) is 16.4 Å². The fourth-order valence-electron chi connectivity index (χ4n) is 2.08. The van der Waals surface area contributed by atoms with Crippen LogP contribution in [0.4, 0.5) is 0 Å². The van der Waals surface area contributed by atoms with Crippen LogP contribution in [0.3, 0.4) is 0 Å². The van der Waals surface area contributed by atoms with E-state index in [2.05, 4.69) is 10.3 Å². The highest BCUT2D eigenvalue weighted by atomic mass is 32.2. The van der Waals surface area contributed by atoms with Gasteiger partial charge in [-0.2, -0.15) is 0 Å². The summed E-state index contributed by atoms with van der Waals surface area (Å²) < 4.78 is 29.0. The van der Waals surface area contributed by atoms with Gasteiger partial charge in [0.15, 0.2) is 9.84 Å². The van der Waals surface area contributed by atoms with Gasteiger partial charge in [-0.15, -0.1) is 0 Å². The molecule has 0 aromatic carbocycles. The molecule has 118 valence electrons. The second kappa shape index (κ2) is 7.22. The third kappa shape index (κ3) is 5.63. The van der Waals surface area contributed by atoms with E-state index in [4.69, 9.17) is 4.74 Å². The predicted octanol–water partition coefficient (Wildman–Crippen LogP) is 1.85. The van der Waals surface area contributed by atoms with Crippen LogP contribution in [0.25, 0.3) is 0 Å². The second-order valence-corrected chi connectivity index (χ2v) is 7.86. The van der Waals surface area contributed by atoms with Gasteiger partial charge >= 0.3 is 0 Å². The summed E-state index contributed by atoms with van der Waals surface area (Å²) in [7, 11) is -3.00. The standard InChI is InChI=1S/C15H24N2O3S/c1-3-9-21(18,19)10-8-20-15-7-4-12(2)17-14(15)11-16-13-5-6-13/h4,7,13,16H,3,5-6,8-11H2,1-2H3. The number of hydrogen-bond donors (Lipinski definition) is 1. The molecule has 1 aromatic rings. The minimum Gasteiger partial charge on any atom is -0.491 e. The number of sulfone groups is 1. The molecule has 0 bridgehead atoms. The zero-order chi connectivity index (χ0) is 15.3. The van der Waals surface area contributed by atoms with Crippen LogP contribution in [0.2, 0.25) is 0 Å². The molecule has 21 heavy (non-hydrogen) atoms. The number of hydrogen-bond acceptors (Lipinski definition) is 5. The SMILES string of the molecule is CCCS(=O)(=O)CCOc1ccc(C)nc1CNC1CC1. The summed E-state index contributed by atoms with van der Waals surface area (Å²) in [5, 5.41) is 3.41. The Morgan fingerprint density at radius 1 is 1.33 bits per heavy atom. The number of nitrogens with one attached hydrogen (secondary N) is 1. The summed E-state index contributed by atoms with van der Waals surface area (Å²) in [6.07, 6.45) is 3.08. The van der Waals surface area contributed by atoms with E-state index in [0.717, 1.165) is 11.4 Å². The van der Waals surface area contributed by atoms with Crippen LogP contribution >= 0.6 is 0 Å². The number of pyridine rings is 1. The zero-order valence-corrected chi connectivity index (χ0v) is 13.6. The van der Waals surface area contributed by atoms with E-state index in [-0.39, 0.29) is 18.1 Å². The lowest BCUT2D eigenvalue weighted by Gasteiger charge is -2.12. The lowest BCUT2D eigenvalue weighted by atomic mass is 10.3. The minimum absolute atomic E-state index is 0.0597. The number of aromatic nitrogens is 1. The van der Waals surface area contributed by atoms with Crippen molar-refractivity contribution in [3.63, 3.8) is 0 Å². The molecule has 0 unspecified atom stereocenters. The first-order valence-electron chi connectivity index (χ1n) is 7.53. The van der Waals surface area contributed by atoms with Gasteiger partial charge in [0.05, 0.1) is 17.2 Å². The molecule has 0 radical (unpaired) electrons. The van der Waals surface area contributed by atoms with E-state index in [1.165, 1.54) is 12.8 Å². The molecule has 5 nitrogen and oxygen atoms in total. The molecule has 0 amide bonds. The number of ether oxygens (including phenoxy) is 1. The molecule has 1 aromatic heterocycles. The maximum absolute atomic E-state index is 11.7. The molecular formula is C15H24N2O3S. The lowest BCUT2D eigenvalue weighted by molar-refractivity contribution is 0.333. The van der Waals surface area contributed by atoms with Crippen molar-refractivity contribution < 1.29 is 13.2 Å². The van der Waals surface area contributed by atoms with Crippen LogP contribution in [0.15, 0.2) is 12.1 Å². The molecular weight excluding hydrogens is 288 g/mol. The molecule has 0 spiro atoms. The maximum Gasteiger partial charge on any atom is 0.153 e. The first kappa shape index (κ1) is 16.2. The predicted molar refractivity (Wildman–Crippen MR) is 83.3 cm³/mol. The van der Waals surface area contributed by atoms with E-state index >= 15 is 0 Å². The van der Waals surface area contributed by atoms with Gasteiger partial charge < -0.3 is 10.1 Å². The quantitative estimate of drug-likeness (QED) is 0.753. The van der Waals surface area contributed by atoms with Crippen LogP contribution in [0, 0.1) is 6.92 Å². The van der Waals surface area contributed by atoms with Gasteiger partial charge in [0, 0.05) is 18.3 Å². The normalized spacial score (nSPS) is 15.1. The van der Waals surface area contributed by atoms with Gasteiger partial charge in [0.25, 0.3) is 0 Å². The van der Waals surface area contributed by atoms with E-state index in [0.29, 0.717) is 24.8 Å². The third-order valence-electron chi connectivity index (χ3n) is 3.37. The lowest BCUT2D eigenvalue weighted by Crippen LogP contribution is -2.20. The monoisotopic (exact) mass is 312 g/mol. The van der Waals surface area contributed by atoms with Crippen molar-refractivity contribution in [1.82, 2.24) is 10.3 Å². The zero-order valence-electron chi connectivity index (χ0n) is 12.8. The Morgan fingerprint density at radius 3 is 2.76 bits per heavy atom. The molecule has 1 N–H and O–H groups in total. The van der Waals surface area contributed by atoms with Crippen LogP contribution in [0.1, 0.15) is 37.6 Å². The van der Waals surface area contributed by atoms with Gasteiger partial charge in [-0.3, -0.25) is 4.98 Å². The summed E-state index contributed by atoms with van der Waals surface area (Å²) in [6, 6.07) is 4.36. The van der Waals surface area contributed by atoms with Crippen molar-refractivity contribution >= 4 is 9.84 Å². The van der Waals surface area contributed by atoms with E-state index in [1.54, 1.807) is 0 Å². The van der Waals surface area contributed by atoms with Gasteiger partial charge in [-0.25, -0.2) is 8.42 Å². The highest BCUT2D eigenvalue weighted by Gasteiger charge is 2.21. The number of nitrogens with zero attached hydrogens (tertiary/aromatic N) is 1. The molecule has 1 aliphatic carbocycles. The average Bonchev–Trinajstić information content (AvgIpc) is 3.22. The summed E-state index contributed by atoms with van der Waals surface area (Å²) in [5.74, 6) is 0.962. The van der Waals surface area contributed by atoms with Crippen molar-refractivity contribution in [3.05, 3.63) is 23.5 Å². The third-order valence-corrected chi connectivity index (χ3v) is 5.19. The largest absolute Gasteiger partial charge is 0.491 e. The molecule has 1 fully saturated rings. The first-order chi connectivity index (χ1) is 10.00. The smallest absolute Gasteiger partial charge is 0.153 e. The Morgan fingerprint density at radius 2 is 2.10 bits per heavy atom. The van der Waals surface area contributed by atoms with Crippen molar-refractivity contribution in [2.75, 3.05) is 18.1 Å². The topological polar surface area (TPSA) is 68.3 Å². The van der Waals surface area contributed by atoms with Crippen molar-refractivity contribution in [2.45, 2.75) is 45.7 Å². The van der Waals surface area contributed by atoms with Crippen molar-refractivity contribution in [2.24, 2.45) is 0 Å². The molecule has 0 atom stereocenters. The molecule has 0 saturated heterocycles. The average molecular weight is 312 g/mol. The fraction of sp³-hybridized carbons (Fsp3) is 0.667. The Bertz CT molecular complexity index is 568. The number of rotatable bonds is 9. The fourth-order valence-corrected chi connectivity index (χ4v) is 3.24. The van der Waals surface area contributed by atoms with Crippen molar-refractivity contribution in [1.29, 1.82) is 0 Å². The van der Waals surface area contributed by atoms with Gasteiger partial charge in [0.2, 0.25) is 0 Å². The Kier molecular flexibility index (Phi) is 5.58. The molecule has 1 saturated carbocycles. The Labute approximate surface area is 127 Å². The Hall–Kier alpha value is -1.14.